The van der Waals surface area contributed by atoms with Gasteiger partial charge in [-0.2, -0.15) is 5.26 Å². The predicted molar refractivity (Wildman–Crippen MR) is 87.4 cm³/mol. The van der Waals surface area contributed by atoms with Crippen LogP contribution in [-0.4, -0.2) is 16.7 Å². The van der Waals surface area contributed by atoms with E-state index in [2.05, 4.69) is 25.1 Å². The zero-order chi connectivity index (χ0) is 15.5. The van der Waals surface area contributed by atoms with E-state index in [4.69, 9.17) is 10.2 Å². The lowest BCUT2D eigenvalue weighted by Gasteiger charge is -2.10. The van der Waals surface area contributed by atoms with Crippen molar-refractivity contribution in [1.29, 1.82) is 5.26 Å². The van der Waals surface area contributed by atoms with Gasteiger partial charge in [0.25, 0.3) is 0 Å². The molecule has 0 aliphatic carbocycles. The van der Waals surface area contributed by atoms with Gasteiger partial charge in [-0.3, -0.25) is 0 Å². The fourth-order valence-electron chi connectivity index (χ4n) is 2.66. The number of fused-ring (bicyclic) bond motifs is 1. The van der Waals surface area contributed by atoms with Gasteiger partial charge in [0.15, 0.2) is 0 Å². The summed E-state index contributed by atoms with van der Waals surface area (Å²) in [5.74, 6) is 0. The third-order valence-electron chi connectivity index (χ3n) is 3.82. The van der Waals surface area contributed by atoms with Crippen molar-refractivity contribution < 1.29 is 5.11 Å². The maximum atomic E-state index is 9.23. The van der Waals surface area contributed by atoms with Crippen LogP contribution in [-0.2, 0) is 6.42 Å². The summed E-state index contributed by atoms with van der Waals surface area (Å²) in [4.78, 5) is 4.79. The van der Waals surface area contributed by atoms with E-state index in [1.165, 1.54) is 0 Å². The summed E-state index contributed by atoms with van der Waals surface area (Å²) in [5, 5.41) is 19.2. The van der Waals surface area contributed by atoms with E-state index >= 15 is 0 Å². The molecule has 2 aromatic carbocycles. The van der Waals surface area contributed by atoms with Crippen LogP contribution in [0, 0.1) is 18.3 Å². The van der Waals surface area contributed by atoms with E-state index in [1.807, 2.05) is 24.3 Å². The van der Waals surface area contributed by atoms with Crippen LogP contribution in [0.25, 0.3) is 22.2 Å². The molecule has 0 amide bonds. The highest BCUT2D eigenvalue weighted by atomic mass is 16.2. The van der Waals surface area contributed by atoms with Gasteiger partial charge in [0, 0.05) is 17.6 Å². The first-order chi connectivity index (χ1) is 10.7. The summed E-state index contributed by atoms with van der Waals surface area (Å²) >= 11 is 0. The molecule has 0 spiro atoms. The SMILES string of the molecule is Cc1cc(-c2ccc(C#N)cc2)nc2c(CCO)cccc12. The van der Waals surface area contributed by atoms with Crippen LogP contribution in [0.3, 0.4) is 0 Å². The first-order valence-electron chi connectivity index (χ1n) is 7.23. The lowest BCUT2D eigenvalue weighted by atomic mass is 10.0. The molecule has 3 aromatic rings. The Bertz CT molecular complexity index is 861. The highest BCUT2D eigenvalue weighted by Crippen LogP contribution is 2.26. The lowest BCUT2D eigenvalue weighted by Crippen LogP contribution is -1.96. The third kappa shape index (κ3) is 2.57. The van der Waals surface area contributed by atoms with Crippen molar-refractivity contribution in [3.05, 3.63) is 65.2 Å². The Labute approximate surface area is 129 Å². The fourth-order valence-corrected chi connectivity index (χ4v) is 2.66. The predicted octanol–water partition coefficient (Wildman–Crippen LogP) is 3.62. The van der Waals surface area contributed by atoms with Crippen molar-refractivity contribution in [3.63, 3.8) is 0 Å². The topological polar surface area (TPSA) is 56.9 Å². The molecule has 0 aliphatic heterocycles. The standard InChI is InChI=1S/C19H16N2O/c1-13-11-18(15-7-5-14(12-20)6-8-15)21-19-16(9-10-22)3-2-4-17(13)19/h2-8,11,22H,9-10H2,1H3. The molecule has 0 radical (unpaired) electrons. The molecule has 0 fully saturated rings. The molecule has 3 rings (SSSR count). The number of para-hydroxylation sites is 1. The van der Waals surface area contributed by atoms with Gasteiger partial charge < -0.3 is 5.11 Å². The van der Waals surface area contributed by atoms with Crippen molar-refractivity contribution in [3.8, 4) is 17.3 Å². The molecule has 1 aromatic heterocycles. The molecule has 0 atom stereocenters. The first kappa shape index (κ1) is 14.2. The Balaban J connectivity index is 2.18. The van der Waals surface area contributed by atoms with Gasteiger partial charge in [-0.25, -0.2) is 4.98 Å². The van der Waals surface area contributed by atoms with Crippen molar-refractivity contribution in [2.45, 2.75) is 13.3 Å². The summed E-state index contributed by atoms with van der Waals surface area (Å²) in [6.07, 6.45) is 0.598. The minimum Gasteiger partial charge on any atom is -0.396 e. The molecule has 1 N–H and O–H groups in total. The van der Waals surface area contributed by atoms with Crippen LogP contribution in [0.1, 0.15) is 16.7 Å². The Hall–Kier alpha value is -2.70. The van der Waals surface area contributed by atoms with Crippen LogP contribution < -0.4 is 0 Å². The number of aryl methyl sites for hydroxylation is 1. The number of aliphatic hydroxyl groups is 1. The van der Waals surface area contributed by atoms with Crippen molar-refractivity contribution in [2.24, 2.45) is 0 Å². The zero-order valence-corrected chi connectivity index (χ0v) is 12.4. The van der Waals surface area contributed by atoms with Crippen LogP contribution in [0.5, 0.6) is 0 Å². The fraction of sp³-hybridized carbons (Fsp3) is 0.158. The van der Waals surface area contributed by atoms with E-state index < -0.39 is 0 Å². The quantitative estimate of drug-likeness (QED) is 0.801. The molecular formula is C19H16N2O. The average molecular weight is 288 g/mol. The number of rotatable bonds is 3. The summed E-state index contributed by atoms with van der Waals surface area (Å²) in [7, 11) is 0. The van der Waals surface area contributed by atoms with Crippen LogP contribution >= 0.6 is 0 Å². The number of hydrogen-bond donors (Lipinski definition) is 1. The number of aromatic nitrogens is 1. The highest BCUT2D eigenvalue weighted by molar-refractivity contribution is 5.87. The minimum absolute atomic E-state index is 0.112. The van der Waals surface area contributed by atoms with Crippen molar-refractivity contribution in [1.82, 2.24) is 4.98 Å². The second-order valence-electron chi connectivity index (χ2n) is 5.30. The lowest BCUT2D eigenvalue weighted by molar-refractivity contribution is 0.300. The molecule has 22 heavy (non-hydrogen) atoms. The number of nitriles is 1. The summed E-state index contributed by atoms with van der Waals surface area (Å²) in [6, 6.07) is 17.7. The first-order valence-corrected chi connectivity index (χ1v) is 7.23. The molecule has 108 valence electrons. The monoisotopic (exact) mass is 288 g/mol. The second kappa shape index (κ2) is 5.97. The van der Waals surface area contributed by atoms with E-state index in [0.29, 0.717) is 12.0 Å². The number of aliphatic hydroxyl groups excluding tert-OH is 1. The highest BCUT2D eigenvalue weighted by Gasteiger charge is 2.08. The van der Waals surface area contributed by atoms with Gasteiger partial charge >= 0.3 is 0 Å². The Morgan fingerprint density at radius 1 is 1.14 bits per heavy atom. The van der Waals surface area contributed by atoms with Gasteiger partial charge in [0.1, 0.15) is 0 Å². The van der Waals surface area contributed by atoms with E-state index in [0.717, 1.165) is 33.3 Å². The average Bonchev–Trinajstić information content (AvgIpc) is 2.56. The van der Waals surface area contributed by atoms with Crippen LogP contribution in [0.4, 0.5) is 0 Å². The van der Waals surface area contributed by atoms with Gasteiger partial charge in [-0.1, -0.05) is 30.3 Å². The van der Waals surface area contributed by atoms with Gasteiger partial charge in [-0.15, -0.1) is 0 Å². The van der Waals surface area contributed by atoms with E-state index in [9.17, 15) is 5.11 Å². The summed E-state index contributed by atoms with van der Waals surface area (Å²) in [6.45, 7) is 2.18. The zero-order valence-electron chi connectivity index (χ0n) is 12.4. The molecule has 0 unspecified atom stereocenters. The molecule has 0 saturated heterocycles. The van der Waals surface area contributed by atoms with Crippen LogP contribution in [0.15, 0.2) is 48.5 Å². The maximum absolute atomic E-state index is 9.23. The number of hydrogen-bond acceptors (Lipinski definition) is 3. The summed E-state index contributed by atoms with van der Waals surface area (Å²) in [5.41, 5.74) is 5.67. The Kier molecular flexibility index (Phi) is 3.86. The largest absolute Gasteiger partial charge is 0.396 e. The number of nitrogens with zero attached hydrogens (tertiary/aromatic N) is 2. The molecule has 0 bridgehead atoms. The van der Waals surface area contributed by atoms with Crippen molar-refractivity contribution in [2.75, 3.05) is 6.61 Å². The maximum Gasteiger partial charge on any atom is 0.0991 e. The number of benzene rings is 2. The van der Waals surface area contributed by atoms with Gasteiger partial charge in [0.05, 0.1) is 22.8 Å². The molecule has 0 saturated carbocycles. The minimum atomic E-state index is 0.112. The Morgan fingerprint density at radius 3 is 2.59 bits per heavy atom. The second-order valence-corrected chi connectivity index (χ2v) is 5.30. The van der Waals surface area contributed by atoms with E-state index in [-0.39, 0.29) is 6.61 Å². The van der Waals surface area contributed by atoms with E-state index in [1.54, 1.807) is 12.1 Å². The Morgan fingerprint density at radius 2 is 1.91 bits per heavy atom. The molecule has 1 heterocycles. The third-order valence-corrected chi connectivity index (χ3v) is 3.82. The molecule has 0 aliphatic rings. The van der Waals surface area contributed by atoms with Crippen molar-refractivity contribution >= 4 is 10.9 Å². The molecule has 3 heteroatoms. The van der Waals surface area contributed by atoms with Gasteiger partial charge in [0.2, 0.25) is 0 Å². The van der Waals surface area contributed by atoms with Gasteiger partial charge in [-0.05, 0) is 42.7 Å². The molecular weight excluding hydrogens is 272 g/mol. The smallest absolute Gasteiger partial charge is 0.0991 e. The summed E-state index contributed by atoms with van der Waals surface area (Å²) < 4.78 is 0. The normalized spacial score (nSPS) is 10.6. The number of pyridine rings is 1. The molecule has 3 nitrogen and oxygen atoms in total. The van der Waals surface area contributed by atoms with Crippen LogP contribution in [0.2, 0.25) is 0 Å².